The molecule has 1 saturated carbocycles. The zero-order valence-electron chi connectivity index (χ0n) is 17.0. The number of aromatic nitrogens is 2. The molecule has 2 N–H and O–H groups in total. The molecule has 0 radical (unpaired) electrons. The smallest absolute Gasteiger partial charge is 0.269 e. The molecule has 0 aromatic carbocycles. The summed E-state index contributed by atoms with van der Waals surface area (Å²) in [6, 6.07) is 2.46. The van der Waals surface area contributed by atoms with Crippen molar-refractivity contribution in [2.24, 2.45) is 18.4 Å². The normalized spacial score (nSPS) is 23.2. The molecule has 146 valence electrons. The van der Waals surface area contributed by atoms with Crippen LogP contribution in [-0.2, 0) is 7.05 Å². The number of carbonyl (C=O) groups is 1. The van der Waals surface area contributed by atoms with Crippen LogP contribution in [0.15, 0.2) is 6.07 Å². The number of rotatable bonds is 5. The molecule has 0 bridgehead atoms. The lowest BCUT2D eigenvalue weighted by Crippen LogP contribution is -2.45. The van der Waals surface area contributed by atoms with Crippen LogP contribution in [0.3, 0.4) is 0 Å². The average molecular weight is 361 g/mol. The van der Waals surface area contributed by atoms with Crippen molar-refractivity contribution < 1.29 is 4.79 Å². The number of nitrogens with one attached hydrogen (secondary N) is 2. The summed E-state index contributed by atoms with van der Waals surface area (Å²) in [7, 11) is 1.88. The van der Waals surface area contributed by atoms with Crippen LogP contribution in [0, 0.1) is 11.3 Å². The minimum absolute atomic E-state index is 0.0139. The number of nitrogens with zero attached hydrogens (tertiary/aromatic N) is 2. The van der Waals surface area contributed by atoms with Crippen LogP contribution in [0.25, 0.3) is 0 Å². The van der Waals surface area contributed by atoms with Gasteiger partial charge in [0.25, 0.3) is 5.91 Å². The molecular formula is C21H36N4O. The molecule has 1 saturated heterocycles. The molecule has 1 aromatic rings. The summed E-state index contributed by atoms with van der Waals surface area (Å²) in [5, 5.41) is 11.4. The van der Waals surface area contributed by atoms with Crippen LogP contribution < -0.4 is 10.6 Å². The van der Waals surface area contributed by atoms with Crippen molar-refractivity contribution >= 4 is 5.91 Å². The van der Waals surface area contributed by atoms with E-state index in [1.165, 1.54) is 38.5 Å². The van der Waals surface area contributed by atoms with Gasteiger partial charge in [-0.05, 0) is 43.2 Å². The predicted molar refractivity (Wildman–Crippen MR) is 105 cm³/mol. The maximum Gasteiger partial charge on any atom is 0.269 e. The maximum atomic E-state index is 13.0. The Morgan fingerprint density at radius 2 is 2.00 bits per heavy atom. The van der Waals surface area contributed by atoms with Crippen LogP contribution in [0.1, 0.15) is 94.4 Å². The summed E-state index contributed by atoms with van der Waals surface area (Å²) in [5.41, 5.74) is 1.72. The maximum absolute atomic E-state index is 13.0. The molecule has 2 atom stereocenters. The molecule has 5 nitrogen and oxygen atoms in total. The number of hydrogen-bond donors (Lipinski definition) is 2. The Labute approximate surface area is 158 Å². The van der Waals surface area contributed by atoms with Crippen LogP contribution in [0.4, 0.5) is 0 Å². The van der Waals surface area contributed by atoms with Crippen molar-refractivity contribution in [2.45, 2.75) is 84.2 Å². The fraction of sp³-hybridized carbons (Fsp3) is 0.810. The molecule has 26 heavy (non-hydrogen) atoms. The van der Waals surface area contributed by atoms with E-state index >= 15 is 0 Å². The number of aryl methyl sites for hydroxylation is 1. The zero-order valence-corrected chi connectivity index (χ0v) is 17.0. The number of amides is 1. The molecule has 5 heteroatoms. The Hall–Kier alpha value is -1.36. The minimum atomic E-state index is 0.0139. The van der Waals surface area contributed by atoms with Crippen molar-refractivity contribution in [2.75, 3.05) is 6.54 Å². The first kappa shape index (κ1) is 19.4. The summed E-state index contributed by atoms with van der Waals surface area (Å²) < 4.78 is 1.74. The Kier molecular flexibility index (Phi) is 6.06. The molecule has 2 unspecified atom stereocenters. The van der Waals surface area contributed by atoms with Crippen LogP contribution in [0.5, 0.6) is 0 Å². The third-order valence-electron chi connectivity index (χ3n) is 6.19. The fourth-order valence-electron chi connectivity index (χ4n) is 4.43. The first-order valence-electron chi connectivity index (χ1n) is 10.4. The van der Waals surface area contributed by atoms with E-state index in [2.05, 4.69) is 36.5 Å². The first-order chi connectivity index (χ1) is 12.3. The average Bonchev–Trinajstić information content (AvgIpc) is 3.23. The van der Waals surface area contributed by atoms with Crippen molar-refractivity contribution in [3.8, 4) is 0 Å². The molecular weight excluding hydrogens is 324 g/mol. The summed E-state index contributed by atoms with van der Waals surface area (Å²) in [6.07, 6.45) is 10.0. The second-order valence-electron chi connectivity index (χ2n) is 9.36. The highest BCUT2D eigenvalue weighted by atomic mass is 16.2. The monoisotopic (exact) mass is 360 g/mol. The van der Waals surface area contributed by atoms with E-state index in [4.69, 9.17) is 0 Å². The number of hydrogen-bond acceptors (Lipinski definition) is 3. The lowest BCUT2D eigenvalue weighted by atomic mass is 9.77. The minimum Gasteiger partial charge on any atom is -0.347 e. The highest BCUT2D eigenvalue weighted by Gasteiger charge is 2.31. The van der Waals surface area contributed by atoms with Crippen LogP contribution in [0.2, 0.25) is 0 Å². The fourth-order valence-corrected chi connectivity index (χ4v) is 4.43. The van der Waals surface area contributed by atoms with Gasteiger partial charge >= 0.3 is 0 Å². The lowest BCUT2D eigenvalue weighted by molar-refractivity contribution is 0.0871. The van der Waals surface area contributed by atoms with Gasteiger partial charge in [-0.3, -0.25) is 9.48 Å². The summed E-state index contributed by atoms with van der Waals surface area (Å²) in [6.45, 7) is 7.74. The third kappa shape index (κ3) is 4.67. The largest absolute Gasteiger partial charge is 0.347 e. The third-order valence-corrected chi connectivity index (χ3v) is 6.19. The molecule has 3 rings (SSSR count). The Bertz CT molecular complexity index is 604. The first-order valence-corrected chi connectivity index (χ1v) is 10.4. The van der Waals surface area contributed by atoms with Crippen molar-refractivity contribution in [1.29, 1.82) is 0 Å². The zero-order chi connectivity index (χ0) is 18.7. The summed E-state index contributed by atoms with van der Waals surface area (Å²) >= 11 is 0. The summed E-state index contributed by atoms with van der Waals surface area (Å²) in [5.74, 6) is 0.762. The molecule has 0 spiro atoms. The molecule has 2 heterocycles. The van der Waals surface area contributed by atoms with Gasteiger partial charge in [0, 0.05) is 13.1 Å². The van der Waals surface area contributed by atoms with Gasteiger partial charge in [-0.15, -0.1) is 0 Å². The van der Waals surface area contributed by atoms with Gasteiger partial charge in [0.15, 0.2) is 0 Å². The summed E-state index contributed by atoms with van der Waals surface area (Å²) in [4.78, 5) is 13.0. The molecule has 2 fully saturated rings. The molecule has 1 aliphatic carbocycles. The van der Waals surface area contributed by atoms with E-state index in [1.54, 1.807) is 4.68 Å². The molecule has 1 aliphatic heterocycles. The Morgan fingerprint density at radius 1 is 1.27 bits per heavy atom. The van der Waals surface area contributed by atoms with E-state index < -0.39 is 0 Å². The van der Waals surface area contributed by atoms with Gasteiger partial charge in [-0.25, -0.2) is 0 Å². The van der Waals surface area contributed by atoms with Crippen molar-refractivity contribution in [3.05, 3.63) is 17.5 Å². The van der Waals surface area contributed by atoms with Gasteiger partial charge in [-0.1, -0.05) is 52.9 Å². The van der Waals surface area contributed by atoms with Crippen LogP contribution >= 0.6 is 0 Å². The number of carbonyl (C=O) groups excluding carboxylic acids is 1. The van der Waals surface area contributed by atoms with E-state index in [0.717, 1.165) is 31.0 Å². The highest BCUT2D eigenvalue weighted by molar-refractivity contribution is 5.93. The van der Waals surface area contributed by atoms with Gasteiger partial charge in [0.1, 0.15) is 5.69 Å². The molecule has 1 aromatic heterocycles. The SMILES string of the molecule is Cn1nc(C2CCCN2)cc1C(=O)NC(CC1CCCCC1)C(C)(C)C. The lowest BCUT2D eigenvalue weighted by Gasteiger charge is -2.35. The van der Waals surface area contributed by atoms with Gasteiger partial charge in [-0.2, -0.15) is 5.10 Å². The standard InChI is InChI=1S/C21H36N4O/c1-21(2,3)19(13-15-9-6-5-7-10-15)23-20(26)18-14-17(24-25(18)4)16-11-8-12-22-16/h14-16,19,22H,5-13H2,1-4H3,(H,23,26). The van der Waals surface area contributed by atoms with Gasteiger partial charge < -0.3 is 10.6 Å². The quantitative estimate of drug-likeness (QED) is 0.835. The van der Waals surface area contributed by atoms with E-state index in [-0.39, 0.29) is 17.4 Å². The van der Waals surface area contributed by atoms with Crippen molar-refractivity contribution in [3.63, 3.8) is 0 Å². The topological polar surface area (TPSA) is 59.0 Å². The predicted octanol–water partition coefficient (Wildman–Crippen LogP) is 3.96. The second-order valence-corrected chi connectivity index (χ2v) is 9.36. The van der Waals surface area contributed by atoms with E-state index in [9.17, 15) is 4.79 Å². The van der Waals surface area contributed by atoms with E-state index in [1.807, 2.05) is 13.1 Å². The van der Waals surface area contributed by atoms with Crippen molar-refractivity contribution in [1.82, 2.24) is 20.4 Å². The van der Waals surface area contributed by atoms with Gasteiger partial charge in [0.05, 0.1) is 11.7 Å². The molecule has 1 amide bonds. The van der Waals surface area contributed by atoms with Gasteiger partial charge in [0.2, 0.25) is 0 Å². The second kappa shape index (κ2) is 8.12. The van der Waals surface area contributed by atoms with Crippen LogP contribution in [-0.4, -0.2) is 28.3 Å². The Balaban J connectivity index is 1.68. The van der Waals surface area contributed by atoms with E-state index in [0.29, 0.717) is 11.7 Å². The highest BCUT2D eigenvalue weighted by Crippen LogP contribution is 2.32. The molecule has 2 aliphatic rings. The Morgan fingerprint density at radius 3 is 2.62 bits per heavy atom.